The average molecular weight is 415 g/mol. The van der Waals surface area contributed by atoms with E-state index in [9.17, 15) is 0 Å². The number of benzene rings is 2. The van der Waals surface area contributed by atoms with E-state index in [0.29, 0.717) is 0 Å². The van der Waals surface area contributed by atoms with Crippen LogP contribution in [0.3, 0.4) is 0 Å². The molecule has 4 nitrogen and oxygen atoms in total. The van der Waals surface area contributed by atoms with Crippen LogP contribution in [0.2, 0.25) is 0 Å². The Morgan fingerprint density at radius 3 is 2.69 bits per heavy atom. The third kappa shape index (κ3) is 2.89. The standard InChI is InChI=1S/C21H23BrN2O2/c1-12-4-6-14-15-8-9-23-16(20(15)24-21(14)19(12)22)10-13-5-7-17(25-2)18(11-13)26-3/h4-7,11,16,23-24H,8-10H2,1-3H3/t16-/m0/s1. The van der Waals surface area contributed by atoms with Crippen LogP contribution in [0, 0.1) is 6.92 Å². The fourth-order valence-electron chi connectivity index (χ4n) is 3.87. The van der Waals surface area contributed by atoms with E-state index in [-0.39, 0.29) is 6.04 Å². The van der Waals surface area contributed by atoms with Gasteiger partial charge in [0.1, 0.15) is 0 Å². The second-order valence-electron chi connectivity index (χ2n) is 6.79. The van der Waals surface area contributed by atoms with Gasteiger partial charge in [0.15, 0.2) is 11.5 Å². The van der Waals surface area contributed by atoms with Crippen molar-refractivity contribution >= 4 is 26.8 Å². The minimum Gasteiger partial charge on any atom is -0.493 e. The molecule has 2 aromatic carbocycles. The maximum Gasteiger partial charge on any atom is 0.160 e. The van der Waals surface area contributed by atoms with Gasteiger partial charge in [0.2, 0.25) is 0 Å². The second-order valence-corrected chi connectivity index (χ2v) is 7.58. The first-order chi connectivity index (χ1) is 12.6. The van der Waals surface area contributed by atoms with Crippen molar-refractivity contribution in [3.8, 4) is 11.5 Å². The number of aryl methyl sites for hydroxylation is 1. The SMILES string of the molecule is COc1ccc(C[C@@H]2NCCc3c2[nH]c2c(Br)c(C)ccc32)cc1OC. The monoisotopic (exact) mass is 414 g/mol. The van der Waals surface area contributed by atoms with E-state index in [1.807, 2.05) is 6.07 Å². The maximum absolute atomic E-state index is 5.45. The lowest BCUT2D eigenvalue weighted by Gasteiger charge is -2.24. The van der Waals surface area contributed by atoms with Crippen molar-refractivity contribution in [1.82, 2.24) is 10.3 Å². The summed E-state index contributed by atoms with van der Waals surface area (Å²) in [6.07, 6.45) is 1.95. The highest BCUT2D eigenvalue weighted by atomic mass is 79.9. The molecular formula is C21H23BrN2O2. The molecule has 1 aromatic heterocycles. The number of hydrogen-bond acceptors (Lipinski definition) is 3. The molecule has 5 heteroatoms. The van der Waals surface area contributed by atoms with Crippen LogP contribution in [-0.2, 0) is 12.8 Å². The lowest BCUT2D eigenvalue weighted by Crippen LogP contribution is -2.31. The molecule has 2 heterocycles. The summed E-state index contributed by atoms with van der Waals surface area (Å²) in [5, 5.41) is 5.00. The smallest absolute Gasteiger partial charge is 0.160 e. The molecule has 0 amide bonds. The summed E-state index contributed by atoms with van der Waals surface area (Å²) in [7, 11) is 3.34. The van der Waals surface area contributed by atoms with Crippen molar-refractivity contribution < 1.29 is 9.47 Å². The van der Waals surface area contributed by atoms with E-state index in [2.05, 4.69) is 57.4 Å². The zero-order valence-electron chi connectivity index (χ0n) is 15.3. The molecule has 136 valence electrons. The summed E-state index contributed by atoms with van der Waals surface area (Å²) in [5.41, 5.74) is 6.41. The number of hydrogen-bond donors (Lipinski definition) is 2. The van der Waals surface area contributed by atoms with Crippen molar-refractivity contribution in [3.63, 3.8) is 0 Å². The molecule has 0 saturated heterocycles. The third-order valence-electron chi connectivity index (χ3n) is 5.25. The van der Waals surface area contributed by atoms with Gasteiger partial charge in [-0.1, -0.05) is 18.2 Å². The molecule has 26 heavy (non-hydrogen) atoms. The van der Waals surface area contributed by atoms with E-state index in [0.717, 1.165) is 35.4 Å². The van der Waals surface area contributed by atoms with E-state index < -0.39 is 0 Å². The molecule has 0 unspecified atom stereocenters. The van der Waals surface area contributed by atoms with Crippen LogP contribution >= 0.6 is 15.9 Å². The molecular weight excluding hydrogens is 392 g/mol. The highest BCUT2D eigenvalue weighted by molar-refractivity contribution is 9.10. The van der Waals surface area contributed by atoms with E-state index in [1.165, 1.54) is 33.3 Å². The summed E-state index contributed by atoms with van der Waals surface area (Å²) in [6, 6.07) is 10.8. The number of aromatic nitrogens is 1. The molecule has 1 aliphatic rings. The molecule has 2 N–H and O–H groups in total. The Morgan fingerprint density at radius 1 is 1.12 bits per heavy atom. The average Bonchev–Trinajstić information content (AvgIpc) is 3.05. The minimum atomic E-state index is 0.261. The van der Waals surface area contributed by atoms with E-state index in [1.54, 1.807) is 14.2 Å². The molecule has 0 saturated carbocycles. The van der Waals surface area contributed by atoms with Gasteiger partial charge in [0, 0.05) is 15.6 Å². The van der Waals surface area contributed by atoms with Gasteiger partial charge in [-0.05, 0) is 71.1 Å². The zero-order chi connectivity index (χ0) is 18.3. The molecule has 0 spiro atoms. The highest BCUT2D eigenvalue weighted by Crippen LogP contribution is 2.37. The number of rotatable bonds is 4. The Kier molecular flexibility index (Phi) is 4.67. The van der Waals surface area contributed by atoms with Crippen LogP contribution in [-0.4, -0.2) is 25.7 Å². The molecule has 3 aromatic rings. The zero-order valence-corrected chi connectivity index (χ0v) is 16.9. The molecule has 1 atom stereocenters. The van der Waals surface area contributed by atoms with Crippen molar-refractivity contribution in [1.29, 1.82) is 0 Å². The molecule has 1 aliphatic heterocycles. The van der Waals surface area contributed by atoms with Gasteiger partial charge in [0.25, 0.3) is 0 Å². The number of fused-ring (bicyclic) bond motifs is 3. The normalized spacial score (nSPS) is 16.5. The Hall–Kier alpha value is -1.98. The number of halogens is 1. The number of methoxy groups -OCH3 is 2. The van der Waals surface area contributed by atoms with Gasteiger partial charge in [-0.25, -0.2) is 0 Å². The maximum atomic E-state index is 5.45. The highest BCUT2D eigenvalue weighted by Gasteiger charge is 2.25. The Labute approximate surface area is 162 Å². The molecule has 0 bridgehead atoms. The summed E-state index contributed by atoms with van der Waals surface area (Å²) in [6.45, 7) is 3.12. The first-order valence-corrected chi connectivity index (χ1v) is 9.65. The van der Waals surface area contributed by atoms with Crippen LogP contribution < -0.4 is 14.8 Å². The Morgan fingerprint density at radius 2 is 1.92 bits per heavy atom. The van der Waals surface area contributed by atoms with E-state index >= 15 is 0 Å². The van der Waals surface area contributed by atoms with Gasteiger partial charge in [0.05, 0.1) is 25.8 Å². The first kappa shape index (κ1) is 17.4. The van der Waals surface area contributed by atoms with E-state index in [4.69, 9.17) is 9.47 Å². The van der Waals surface area contributed by atoms with Crippen LogP contribution in [0.4, 0.5) is 0 Å². The van der Waals surface area contributed by atoms with Crippen LogP contribution in [0.15, 0.2) is 34.8 Å². The summed E-state index contributed by atoms with van der Waals surface area (Å²) in [5.74, 6) is 1.54. The van der Waals surface area contributed by atoms with Gasteiger partial charge < -0.3 is 19.8 Å². The lowest BCUT2D eigenvalue weighted by atomic mass is 9.94. The molecule has 4 rings (SSSR count). The molecule has 0 fully saturated rings. The number of H-pyrrole nitrogens is 1. The number of ether oxygens (including phenoxy) is 2. The second kappa shape index (κ2) is 6.97. The van der Waals surface area contributed by atoms with Gasteiger partial charge >= 0.3 is 0 Å². The van der Waals surface area contributed by atoms with Crippen LogP contribution in [0.25, 0.3) is 10.9 Å². The van der Waals surface area contributed by atoms with Gasteiger partial charge in [-0.3, -0.25) is 0 Å². The third-order valence-corrected chi connectivity index (χ3v) is 6.27. The summed E-state index contributed by atoms with van der Waals surface area (Å²) >= 11 is 3.75. The van der Waals surface area contributed by atoms with Crippen molar-refractivity contribution in [3.05, 3.63) is 57.2 Å². The predicted molar refractivity (Wildman–Crippen MR) is 108 cm³/mol. The van der Waals surface area contributed by atoms with Crippen molar-refractivity contribution in [2.45, 2.75) is 25.8 Å². The molecule has 0 radical (unpaired) electrons. The Balaban J connectivity index is 1.71. The van der Waals surface area contributed by atoms with Gasteiger partial charge in [-0.15, -0.1) is 0 Å². The van der Waals surface area contributed by atoms with Gasteiger partial charge in [-0.2, -0.15) is 0 Å². The first-order valence-electron chi connectivity index (χ1n) is 8.86. The number of nitrogens with one attached hydrogen (secondary N) is 2. The largest absolute Gasteiger partial charge is 0.493 e. The predicted octanol–water partition coefficient (Wildman–Crippen LogP) is 4.69. The van der Waals surface area contributed by atoms with Crippen LogP contribution in [0.1, 0.15) is 28.4 Å². The summed E-state index contributed by atoms with van der Waals surface area (Å²) < 4.78 is 12.0. The topological polar surface area (TPSA) is 46.3 Å². The fourth-order valence-corrected chi connectivity index (χ4v) is 4.31. The molecule has 0 aliphatic carbocycles. The fraction of sp³-hybridized carbons (Fsp3) is 0.333. The quantitative estimate of drug-likeness (QED) is 0.650. The van der Waals surface area contributed by atoms with Crippen LogP contribution in [0.5, 0.6) is 11.5 Å². The van der Waals surface area contributed by atoms with Crippen molar-refractivity contribution in [2.24, 2.45) is 0 Å². The number of aromatic amines is 1. The Bertz CT molecular complexity index is 964. The lowest BCUT2D eigenvalue weighted by molar-refractivity contribution is 0.354. The minimum absolute atomic E-state index is 0.261. The van der Waals surface area contributed by atoms with Crippen molar-refractivity contribution in [2.75, 3.05) is 20.8 Å². The summed E-state index contributed by atoms with van der Waals surface area (Å²) in [4.78, 5) is 3.68.